The molecule has 110 valence electrons. The van der Waals surface area contributed by atoms with Crippen molar-refractivity contribution >= 4 is 57.3 Å². The number of nitrogens with zero attached hydrogens (tertiary/aromatic N) is 2. The van der Waals surface area contributed by atoms with Crippen LogP contribution in [-0.2, 0) is 0 Å². The maximum atomic E-state index is 9.41. The number of hydrogen-bond acceptors (Lipinski definition) is 5. The summed E-state index contributed by atoms with van der Waals surface area (Å²) >= 11 is 4.66. The van der Waals surface area contributed by atoms with Crippen molar-refractivity contribution in [2.45, 2.75) is 0 Å². The molecule has 0 aliphatic rings. The van der Waals surface area contributed by atoms with E-state index in [1.54, 1.807) is 22.7 Å². The molecule has 0 fully saturated rings. The number of thiophene rings is 3. The molecule has 0 saturated carbocycles. The van der Waals surface area contributed by atoms with Gasteiger partial charge in [0.25, 0.3) is 0 Å². The Balaban J connectivity index is 1.94. The first-order chi connectivity index (χ1) is 11.3. The predicted octanol–water partition coefficient (Wildman–Crippen LogP) is 6.00. The van der Waals surface area contributed by atoms with Gasteiger partial charge in [-0.05, 0) is 47.2 Å². The molecule has 0 spiro atoms. The van der Waals surface area contributed by atoms with Crippen molar-refractivity contribution in [2.75, 3.05) is 0 Å². The van der Waals surface area contributed by atoms with Gasteiger partial charge in [-0.1, -0.05) is 12.1 Å². The first-order valence-corrected chi connectivity index (χ1v) is 9.29. The van der Waals surface area contributed by atoms with Gasteiger partial charge in [0, 0.05) is 19.5 Å². The Labute approximate surface area is 146 Å². The standard InChI is InChI=1S/C18H10N2S3/c19-11-13(9-15-3-1-7-21-15)17-5-6-18(23-17)14(12-20)10-16-4-2-8-22-16/h1-10H. The van der Waals surface area contributed by atoms with Crippen LogP contribution in [0.3, 0.4) is 0 Å². The Morgan fingerprint density at radius 3 is 1.61 bits per heavy atom. The molecule has 3 aromatic heterocycles. The topological polar surface area (TPSA) is 47.6 Å². The summed E-state index contributed by atoms with van der Waals surface area (Å²) in [5, 5.41) is 22.8. The highest BCUT2D eigenvalue weighted by molar-refractivity contribution is 7.15. The van der Waals surface area contributed by atoms with Gasteiger partial charge in [0.1, 0.15) is 12.1 Å². The van der Waals surface area contributed by atoms with Crippen LogP contribution < -0.4 is 0 Å². The van der Waals surface area contributed by atoms with Crippen LogP contribution in [0.15, 0.2) is 47.2 Å². The van der Waals surface area contributed by atoms with Crippen molar-refractivity contribution in [3.63, 3.8) is 0 Å². The average Bonchev–Trinajstić information content (AvgIpc) is 3.32. The fraction of sp³-hybridized carbons (Fsp3) is 0. The van der Waals surface area contributed by atoms with Crippen molar-refractivity contribution in [1.29, 1.82) is 10.5 Å². The van der Waals surface area contributed by atoms with Crippen LogP contribution in [0.1, 0.15) is 19.5 Å². The highest BCUT2D eigenvalue weighted by Crippen LogP contribution is 2.31. The Bertz CT molecular complexity index is 851. The first kappa shape index (κ1) is 15.5. The highest BCUT2D eigenvalue weighted by atomic mass is 32.1. The Morgan fingerprint density at radius 1 is 0.783 bits per heavy atom. The lowest BCUT2D eigenvalue weighted by molar-refractivity contribution is 1.54. The molecule has 5 heteroatoms. The second kappa shape index (κ2) is 7.21. The van der Waals surface area contributed by atoms with Crippen molar-refractivity contribution in [3.05, 3.63) is 66.7 Å². The summed E-state index contributed by atoms with van der Waals surface area (Å²) in [4.78, 5) is 3.85. The molecule has 0 unspecified atom stereocenters. The van der Waals surface area contributed by atoms with Gasteiger partial charge in [-0.15, -0.1) is 34.0 Å². The molecule has 3 heterocycles. The second-order valence-corrected chi connectivity index (χ2v) is 7.58. The molecule has 0 bridgehead atoms. The Morgan fingerprint density at radius 2 is 1.26 bits per heavy atom. The van der Waals surface area contributed by atoms with E-state index in [2.05, 4.69) is 12.1 Å². The van der Waals surface area contributed by atoms with E-state index in [0.29, 0.717) is 11.1 Å². The highest BCUT2D eigenvalue weighted by Gasteiger charge is 2.09. The number of nitriles is 2. The molecule has 0 aliphatic carbocycles. The molecule has 0 aliphatic heterocycles. The Kier molecular flexibility index (Phi) is 4.85. The van der Waals surface area contributed by atoms with Gasteiger partial charge in [0.15, 0.2) is 0 Å². The average molecular weight is 350 g/mol. The zero-order valence-corrected chi connectivity index (χ0v) is 14.3. The van der Waals surface area contributed by atoms with E-state index in [-0.39, 0.29) is 0 Å². The predicted molar refractivity (Wildman–Crippen MR) is 99.9 cm³/mol. The maximum absolute atomic E-state index is 9.41. The second-order valence-electron chi connectivity index (χ2n) is 4.53. The van der Waals surface area contributed by atoms with Gasteiger partial charge in [-0.3, -0.25) is 0 Å². The van der Waals surface area contributed by atoms with Gasteiger partial charge in [0.2, 0.25) is 0 Å². The van der Waals surface area contributed by atoms with E-state index in [1.807, 2.05) is 59.3 Å². The maximum Gasteiger partial charge on any atom is 0.101 e. The van der Waals surface area contributed by atoms with Crippen LogP contribution in [0.4, 0.5) is 0 Å². The summed E-state index contributed by atoms with van der Waals surface area (Å²) in [6, 6.07) is 16.2. The van der Waals surface area contributed by atoms with E-state index in [4.69, 9.17) is 0 Å². The Hall–Kier alpha value is -2.44. The molecular weight excluding hydrogens is 340 g/mol. The molecule has 23 heavy (non-hydrogen) atoms. The molecule has 0 radical (unpaired) electrons. The minimum Gasteiger partial charge on any atom is -0.192 e. The van der Waals surface area contributed by atoms with Crippen LogP contribution in [0.5, 0.6) is 0 Å². The largest absolute Gasteiger partial charge is 0.192 e. The number of hydrogen-bond donors (Lipinski definition) is 0. The fourth-order valence-electron chi connectivity index (χ4n) is 1.98. The molecule has 3 aromatic rings. The molecule has 0 atom stereocenters. The molecule has 0 N–H and O–H groups in total. The van der Waals surface area contributed by atoms with Crippen LogP contribution in [0.2, 0.25) is 0 Å². The monoisotopic (exact) mass is 350 g/mol. The lowest BCUT2D eigenvalue weighted by Crippen LogP contribution is -1.74. The SMILES string of the molecule is N#CC(=Cc1cccs1)c1ccc(C(C#N)=Cc2cccs2)s1. The zero-order chi connectivity index (χ0) is 16.1. The normalized spacial score (nSPS) is 11.9. The fourth-order valence-corrected chi connectivity index (χ4v) is 4.23. The van der Waals surface area contributed by atoms with E-state index in [9.17, 15) is 10.5 Å². The third-order valence-corrected chi connectivity index (χ3v) is 5.83. The smallest absolute Gasteiger partial charge is 0.101 e. The quantitative estimate of drug-likeness (QED) is 0.542. The first-order valence-electron chi connectivity index (χ1n) is 6.71. The number of allylic oxidation sites excluding steroid dienone is 2. The van der Waals surface area contributed by atoms with Crippen LogP contribution in [0, 0.1) is 22.7 Å². The molecule has 0 aromatic carbocycles. The van der Waals surface area contributed by atoms with Gasteiger partial charge in [0.05, 0.1) is 11.1 Å². The van der Waals surface area contributed by atoms with Crippen molar-refractivity contribution in [1.82, 2.24) is 0 Å². The van der Waals surface area contributed by atoms with Gasteiger partial charge < -0.3 is 0 Å². The van der Waals surface area contributed by atoms with Crippen molar-refractivity contribution in [3.8, 4) is 12.1 Å². The summed E-state index contributed by atoms with van der Waals surface area (Å²) in [5.74, 6) is 0. The third kappa shape index (κ3) is 3.67. The minimum absolute atomic E-state index is 0.622. The zero-order valence-electron chi connectivity index (χ0n) is 11.9. The molecule has 0 amide bonds. The van der Waals surface area contributed by atoms with E-state index in [1.165, 1.54) is 11.3 Å². The number of rotatable bonds is 4. The molecular formula is C18H10N2S3. The summed E-state index contributed by atoms with van der Waals surface area (Å²) < 4.78 is 0. The van der Waals surface area contributed by atoms with E-state index < -0.39 is 0 Å². The molecule has 3 rings (SSSR count). The van der Waals surface area contributed by atoms with Crippen LogP contribution >= 0.6 is 34.0 Å². The van der Waals surface area contributed by atoms with Gasteiger partial charge in [-0.25, -0.2) is 0 Å². The minimum atomic E-state index is 0.622. The molecule has 0 saturated heterocycles. The molecule has 2 nitrogen and oxygen atoms in total. The van der Waals surface area contributed by atoms with E-state index >= 15 is 0 Å². The van der Waals surface area contributed by atoms with Gasteiger partial charge in [-0.2, -0.15) is 10.5 Å². The van der Waals surface area contributed by atoms with Crippen molar-refractivity contribution in [2.24, 2.45) is 0 Å². The van der Waals surface area contributed by atoms with Crippen LogP contribution in [0.25, 0.3) is 23.3 Å². The summed E-state index contributed by atoms with van der Waals surface area (Å²) in [7, 11) is 0. The third-order valence-electron chi connectivity index (χ3n) is 3.04. The van der Waals surface area contributed by atoms with E-state index in [0.717, 1.165) is 19.5 Å². The van der Waals surface area contributed by atoms with Crippen molar-refractivity contribution < 1.29 is 0 Å². The summed E-state index contributed by atoms with van der Waals surface area (Å²) in [6.07, 6.45) is 3.77. The summed E-state index contributed by atoms with van der Waals surface area (Å²) in [5.41, 5.74) is 1.24. The lowest BCUT2D eigenvalue weighted by Gasteiger charge is -1.94. The van der Waals surface area contributed by atoms with Crippen LogP contribution in [-0.4, -0.2) is 0 Å². The summed E-state index contributed by atoms with van der Waals surface area (Å²) in [6.45, 7) is 0. The van der Waals surface area contributed by atoms with Gasteiger partial charge >= 0.3 is 0 Å². The lowest BCUT2D eigenvalue weighted by atomic mass is 10.2.